The Morgan fingerprint density at radius 3 is 2.42 bits per heavy atom. The van der Waals surface area contributed by atoms with Gasteiger partial charge in [-0.05, 0) is 0 Å². The summed E-state index contributed by atoms with van der Waals surface area (Å²) in [6.07, 6.45) is 1.98. The minimum absolute atomic E-state index is 0.319. The number of aromatic hydroxyl groups is 1. The first-order valence-corrected chi connectivity index (χ1v) is 5.39. The van der Waals surface area contributed by atoms with Crippen LogP contribution in [0.3, 0.4) is 0 Å². The first-order chi connectivity index (χ1) is 5.43. The van der Waals surface area contributed by atoms with Gasteiger partial charge in [0, 0.05) is 16.9 Å². The van der Waals surface area contributed by atoms with Crippen LogP contribution in [0.15, 0.2) is 17.3 Å². The summed E-state index contributed by atoms with van der Waals surface area (Å²) < 4.78 is 21.5. The third kappa shape index (κ3) is 1.80. The van der Waals surface area contributed by atoms with E-state index in [0.29, 0.717) is 0 Å². The second-order valence-corrected chi connectivity index (χ2v) is 4.82. The highest BCUT2D eigenvalue weighted by Crippen LogP contribution is 2.30. The van der Waals surface area contributed by atoms with Gasteiger partial charge in [0.15, 0.2) is 5.75 Å². The van der Waals surface area contributed by atoms with Crippen LogP contribution < -0.4 is 0 Å². The van der Waals surface area contributed by atoms with Crippen molar-refractivity contribution in [3.8, 4) is 5.75 Å². The van der Waals surface area contributed by atoms with Crippen molar-refractivity contribution in [3.63, 3.8) is 0 Å². The number of hydrogen-bond donors (Lipinski definition) is 1. The molecule has 0 aliphatic heterocycles. The lowest BCUT2D eigenvalue weighted by molar-refractivity contribution is 0.470. The van der Waals surface area contributed by atoms with Gasteiger partial charge in [-0.1, -0.05) is 11.6 Å². The molecule has 0 fully saturated rings. The molecule has 0 unspecified atom stereocenters. The van der Waals surface area contributed by atoms with Crippen molar-refractivity contribution in [3.05, 3.63) is 17.4 Å². The molecule has 0 spiro atoms. The molecular formula is C5H3Cl2NO3S. The molecule has 12 heavy (non-hydrogen) atoms. The summed E-state index contributed by atoms with van der Waals surface area (Å²) in [6, 6.07) is 0. The average molecular weight is 228 g/mol. The van der Waals surface area contributed by atoms with Gasteiger partial charge in [0.1, 0.15) is 9.92 Å². The molecule has 0 amide bonds. The van der Waals surface area contributed by atoms with Crippen molar-refractivity contribution < 1.29 is 13.5 Å². The van der Waals surface area contributed by atoms with Gasteiger partial charge in [0.25, 0.3) is 9.05 Å². The normalized spacial score (nSPS) is 11.5. The van der Waals surface area contributed by atoms with E-state index in [9.17, 15) is 8.42 Å². The molecule has 1 N–H and O–H groups in total. The number of aromatic nitrogens is 1. The van der Waals surface area contributed by atoms with Gasteiger partial charge >= 0.3 is 0 Å². The summed E-state index contributed by atoms with van der Waals surface area (Å²) in [5.74, 6) is -0.418. The van der Waals surface area contributed by atoms with Gasteiger partial charge in [-0.3, -0.25) is 4.98 Å². The Labute approximate surface area is 78.2 Å². The fourth-order valence-electron chi connectivity index (χ4n) is 0.585. The topological polar surface area (TPSA) is 67.3 Å². The summed E-state index contributed by atoms with van der Waals surface area (Å²) in [5, 5.41) is 8.63. The Bertz CT molecular complexity index is 403. The summed E-state index contributed by atoms with van der Waals surface area (Å²) in [4.78, 5) is 3.02. The molecule has 0 aliphatic carbocycles. The van der Waals surface area contributed by atoms with E-state index in [1.165, 1.54) is 0 Å². The molecule has 0 aromatic carbocycles. The average Bonchev–Trinajstić information content (AvgIpc) is 1.92. The Morgan fingerprint density at radius 2 is 2.00 bits per heavy atom. The zero-order valence-corrected chi connectivity index (χ0v) is 7.86. The van der Waals surface area contributed by atoms with Crippen LogP contribution in [0.25, 0.3) is 0 Å². The van der Waals surface area contributed by atoms with Crippen molar-refractivity contribution in [2.24, 2.45) is 0 Å². The number of pyridine rings is 1. The van der Waals surface area contributed by atoms with Crippen molar-refractivity contribution in [2.45, 2.75) is 4.90 Å². The van der Waals surface area contributed by atoms with Gasteiger partial charge in [0.2, 0.25) is 0 Å². The third-order valence-electron chi connectivity index (χ3n) is 1.09. The van der Waals surface area contributed by atoms with Crippen molar-refractivity contribution in [1.82, 2.24) is 4.98 Å². The standard InChI is InChI=1S/C5H3Cl2NO3S/c6-5-3(9)1-8-2-4(5)12(7,10)11/h1-2,9H. The molecule has 66 valence electrons. The molecule has 1 rings (SSSR count). The molecule has 0 saturated carbocycles. The lowest BCUT2D eigenvalue weighted by Crippen LogP contribution is -1.92. The van der Waals surface area contributed by atoms with Crippen LogP contribution in [-0.2, 0) is 9.05 Å². The van der Waals surface area contributed by atoms with Crippen molar-refractivity contribution in [1.29, 1.82) is 0 Å². The van der Waals surface area contributed by atoms with E-state index in [2.05, 4.69) is 4.98 Å². The van der Waals surface area contributed by atoms with Crippen LogP contribution >= 0.6 is 22.3 Å². The molecule has 1 aromatic heterocycles. The predicted octanol–water partition coefficient (Wildman–Crippen LogP) is 1.37. The van der Waals surface area contributed by atoms with E-state index in [1.54, 1.807) is 0 Å². The maximum absolute atomic E-state index is 10.7. The Hall–Kier alpha value is -0.520. The monoisotopic (exact) mass is 227 g/mol. The number of halogens is 2. The van der Waals surface area contributed by atoms with Gasteiger partial charge < -0.3 is 5.11 Å². The molecule has 0 bridgehead atoms. The lowest BCUT2D eigenvalue weighted by atomic mass is 10.5. The Balaban J connectivity index is 3.47. The fraction of sp³-hybridized carbons (Fsp3) is 0. The molecule has 4 nitrogen and oxygen atoms in total. The van der Waals surface area contributed by atoms with E-state index < -0.39 is 19.7 Å². The second-order valence-electron chi connectivity index (χ2n) is 1.91. The van der Waals surface area contributed by atoms with Crippen LogP contribution in [0.2, 0.25) is 5.02 Å². The van der Waals surface area contributed by atoms with E-state index in [4.69, 9.17) is 27.4 Å². The van der Waals surface area contributed by atoms with Gasteiger partial charge in [0.05, 0.1) is 6.20 Å². The quantitative estimate of drug-likeness (QED) is 0.737. The highest BCUT2D eigenvalue weighted by atomic mass is 35.7. The first kappa shape index (κ1) is 9.57. The van der Waals surface area contributed by atoms with E-state index in [0.717, 1.165) is 12.4 Å². The van der Waals surface area contributed by atoms with E-state index in [1.807, 2.05) is 0 Å². The lowest BCUT2D eigenvalue weighted by Gasteiger charge is -1.99. The first-order valence-electron chi connectivity index (χ1n) is 2.70. The molecule has 0 atom stereocenters. The second kappa shape index (κ2) is 3.08. The minimum atomic E-state index is -3.94. The molecule has 0 aliphatic rings. The molecule has 0 radical (unpaired) electrons. The SMILES string of the molecule is O=S(=O)(Cl)c1cncc(O)c1Cl. The summed E-state index contributed by atoms with van der Waals surface area (Å²) in [5.41, 5.74) is 0. The van der Waals surface area contributed by atoms with E-state index in [-0.39, 0.29) is 5.02 Å². The number of hydrogen-bond acceptors (Lipinski definition) is 4. The fourth-order valence-corrected chi connectivity index (χ4v) is 1.96. The summed E-state index contributed by atoms with van der Waals surface area (Å²) in [7, 11) is 1.03. The van der Waals surface area contributed by atoms with Crippen LogP contribution in [0.1, 0.15) is 0 Å². The van der Waals surface area contributed by atoms with Gasteiger partial charge in [-0.2, -0.15) is 0 Å². The van der Waals surface area contributed by atoms with Crippen molar-refractivity contribution in [2.75, 3.05) is 0 Å². The highest BCUT2D eigenvalue weighted by molar-refractivity contribution is 8.13. The largest absolute Gasteiger partial charge is 0.505 e. The van der Waals surface area contributed by atoms with Crippen LogP contribution in [0.4, 0.5) is 0 Å². The van der Waals surface area contributed by atoms with E-state index >= 15 is 0 Å². The number of nitrogens with zero attached hydrogens (tertiary/aromatic N) is 1. The van der Waals surface area contributed by atoms with Crippen LogP contribution in [0, 0.1) is 0 Å². The van der Waals surface area contributed by atoms with Crippen LogP contribution in [0.5, 0.6) is 5.75 Å². The highest BCUT2D eigenvalue weighted by Gasteiger charge is 2.17. The Morgan fingerprint density at radius 1 is 1.42 bits per heavy atom. The predicted molar refractivity (Wildman–Crippen MR) is 44.0 cm³/mol. The zero-order chi connectivity index (χ0) is 9.35. The van der Waals surface area contributed by atoms with Gasteiger partial charge in [-0.25, -0.2) is 8.42 Å². The summed E-state index contributed by atoms with van der Waals surface area (Å²) >= 11 is 5.42. The maximum Gasteiger partial charge on any atom is 0.264 e. The minimum Gasteiger partial charge on any atom is -0.505 e. The van der Waals surface area contributed by atoms with Crippen LogP contribution in [-0.4, -0.2) is 18.5 Å². The van der Waals surface area contributed by atoms with Crippen molar-refractivity contribution >= 4 is 31.3 Å². The number of rotatable bonds is 1. The molecule has 1 heterocycles. The molecular weight excluding hydrogens is 225 g/mol. The third-order valence-corrected chi connectivity index (χ3v) is 2.94. The molecule has 7 heteroatoms. The smallest absolute Gasteiger partial charge is 0.264 e. The molecule has 1 aromatic rings. The summed E-state index contributed by atoms with van der Waals surface area (Å²) in [6.45, 7) is 0. The molecule has 0 saturated heterocycles. The zero-order valence-electron chi connectivity index (χ0n) is 5.53. The van der Waals surface area contributed by atoms with Gasteiger partial charge in [-0.15, -0.1) is 0 Å². The Kier molecular flexibility index (Phi) is 2.46. The maximum atomic E-state index is 10.7.